The van der Waals surface area contributed by atoms with Gasteiger partial charge in [0.25, 0.3) is 0 Å². The highest BCUT2D eigenvalue weighted by Gasteiger charge is 2.47. The van der Waals surface area contributed by atoms with Gasteiger partial charge in [-0.2, -0.15) is 12.6 Å². The molecule has 1 atom stereocenters. The Balaban J connectivity index is 1.36. The van der Waals surface area contributed by atoms with Gasteiger partial charge in [-0.15, -0.1) is 0 Å². The van der Waals surface area contributed by atoms with Crippen LogP contribution in [0.5, 0.6) is 5.75 Å². The molecule has 1 heterocycles. The minimum absolute atomic E-state index is 0.329. The van der Waals surface area contributed by atoms with E-state index in [0.29, 0.717) is 25.6 Å². The number of para-hydroxylation sites is 1. The van der Waals surface area contributed by atoms with Gasteiger partial charge in [0.15, 0.2) is 0 Å². The molecule has 2 aliphatic rings. The molecule has 2 aliphatic carbocycles. The van der Waals surface area contributed by atoms with Gasteiger partial charge >= 0.3 is 5.97 Å². The van der Waals surface area contributed by atoms with Crippen molar-refractivity contribution in [2.45, 2.75) is 75.4 Å². The largest absolute Gasteiger partial charge is 0.490 e. The molecule has 6 heteroatoms. The molecule has 0 bridgehead atoms. The third-order valence-corrected chi connectivity index (χ3v) is 7.64. The van der Waals surface area contributed by atoms with E-state index in [1.165, 1.54) is 5.56 Å². The summed E-state index contributed by atoms with van der Waals surface area (Å²) in [5.74, 6) is 0.0483. The van der Waals surface area contributed by atoms with Crippen molar-refractivity contribution in [3.05, 3.63) is 83.2 Å². The highest BCUT2D eigenvalue weighted by molar-refractivity contribution is 7.81. The Labute approximate surface area is 218 Å². The molecule has 188 valence electrons. The van der Waals surface area contributed by atoms with Crippen LogP contribution in [0, 0.1) is 0 Å². The van der Waals surface area contributed by atoms with Gasteiger partial charge in [0.2, 0.25) is 0 Å². The highest BCUT2D eigenvalue weighted by Crippen LogP contribution is 2.53. The molecule has 2 aromatic carbocycles. The molecule has 1 aromatic heterocycles. The van der Waals surface area contributed by atoms with Crippen LogP contribution in [0.2, 0.25) is 0 Å². The van der Waals surface area contributed by atoms with Gasteiger partial charge in [-0.05, 0) is 79.3 Å². The number of carboxylic acid groups (broad SMARTS) is 1. The number of carbonyl (C=O) groups is 1. The summed E-state index contributed by atoms with van der Waals surface area (Å²) in [4.78, 5) is 15.6. The molecule has 0 spiro atoms. The van der Waals surface area contributed by atoms with E-state index in [0.717, 1.165) is 65.7 Å². The summed E-state index contributed by atoms with van der Waals surface area (Å²) in [5, 5.41) is 8.49. The lowest BCUT2D eigenvalue weighted by atomic mass is 9.96. The van der Waals surface area contributed by atoms with Gasteiger partial charge in [-0.1, -0.05) is 43.3 Å². The molecule has 2 fully saturated rings. The van der Waals surface area contributed by atoms with Crippen molar-refractivity contribution in [2.75, 3.05) is 0 Å². The summed E-state index contributed by atoms with van der Waals surface area (Å²) >= 11 is 4.18. The molecule has 1 unspecified atom stereocenters. The molecule has 2 saturated carbocycles. The lowest BCUT2D eigenvalue weighted by Gasteiger charge is -2.22. The molecular weight excluding hydrogens is 470 g/mol. The quantitative estimate of drug-likeness (QED) is 0.281. The van der Waals surface area contributed by atoms with Crippen molar-refractivity contribution >= 4 is 18.6 Å². The van der Waals surface area contributed by atoms with E-state index in [1.807, 2.05) is 18.5 Å². The summed E-state index contributed by atoms with van der Waals surface area (Å²) in [7, 11) is 0. The van der Waals surface area contributed by atoms with Crippen LogP contribution < -0.4 is 4.74 Å². The van der Waals surface area contributed by atoms with Crippen molar-refractivity contribution in [1.82, 2.24) is 4.98 Å². The number of hydrogen-bond donors (Lipinski definition) is 2. The van der Waals surface area contributed by atoms with Crippen LogP contribution in [-0.4, -0.2) is 27.4 Å². The van der Waals surface area contributed by atoms with Crippen LogP contribution in [0.1, 0.15) is 61.3 Å². The van der Waals surface area contributed by atoms with Crippen molar-refractivity contribution in [2.24, 2.45) is 0 Å². The maximum Gasteiger partial charge on any atom is 0.316 e. The summed E-state index contributed by atoms with van der Waals surface area (Å²) in [6, 6.07) is 16.7. The first-order valence-electron chi connectivity index (χ1n) is 12.8. The lowest BCUT2D eigenvalue weighted by molar-refractivity contribution is -0.136. The van der Waals surface area contributed by atoms with E-state index in [1.54, 1.807) is 0 Å². The molecule has 1 N–H and O–H groups in total. The number of aliphatic carboxylic acids is 1. The molecule has 5 nitrogen and oxygen atoms in total. The Morgan fingerprint density at radius 3 is 2.67 bits per heavy atom. The number of rotatable bonds is 12. The summed E-state index contributed by atoms with van der Waals surface area (Å²) < 4.78 is 12.9. The fourth-order valence-electron chi connectivity index (χ4n) is 4.71. The summed E-state index contributed by atoms with van der Waals surface area (Å²) in [6.07, 6.45) is 10.4. The van der Waals surface area contributed by atoms with Crippen LogP contribution in [0.15, 0.2) is 60.9 Å². The Morgan fingerprint density at radius 2 is 1.94 bits per heavy atom. The van der Waals surface area contributed by atoms with Gasteiger partial charge in [-0.25, -0.2) is 0 Å². The van der Waals surface area contributed by atoms with Crippen molar-refractivity contribution in [3.8, 4) is 16.9 Å². The van der Waals surface area contributed by atoms with E-state index in [9.17, 15) is 4.79 Å². The van der Waals surface area contributed by atoms with Gasteiger partial charge in [-0.3, -0.25) is 9.78 Å². The summed E-state index contributed by atoms with van der Waals surface area (Å²) in [5.41, 5.74) is 6.51. The first-order valence-corrected chi connectivity index (χ1v) is 13.4. The van der Waals surface area contributed by atoms with E-state index >= 15 is 0 Å². The zero-order valence-electron chi connectivity index (χ0n) is 20.7. The molecule has 36 heavy (non-hydrogen) atoms. The minimum atomic E-state index is -0.876. The van der Waals surface area contributed by atoms with E-state index in [4.69, 9.17) is 14.6 Å². The summed E-state index contributed by atoms with van der Waals surface area (Å²) in [6.45, 7) is 2.66. The smallest absolute Gasteiger partial charge is 0.316 e. The topological polar surface area (TPSA) is 68.7 Å². The third-order valence-electron chi connectivity index (χ3n) is 7.16. The minimum Gasteiger partial charge on any atom is -0.490 e. The maximum absolute atomic E-state index is 11.1. The van der Waals surface area contributed by atoms with Gasteiger partial charge in [0.1, 0.15) is 5.75 Å². The second kappa shape index (κ2) is 10.7. The number of carboxylic acids is 1. The van der Waals surface area contributed by atoms with Gasteiger partial charge in [0, 0.05) is 23.5 Å². The second-order valence-electron chi connectivity index (χ2n) is 9.87. The molecular formula is C30H33NO4S. The van der Waals surface area contributed by atoms with Crippen LogP contribution in [-0.2, 0) is 34.6 Å². The molecule has 0 radical (unpaired) electrons. The van der Waals surface area contributed by atoms with E-state index < -0.39 is 11.2 Å². The average Bonchev–Trinajstić information content (AvgIpc) is 3.83. The number of nitrogens with zero attached hydrogens (tertiary/aromatic N) is 1. The first-order chi connectivity index (χ1) is 17.5. The average molecular weight is 504 g/mol. The van der Waals surface area contributed by atoms with Crippen LogP contribution >= 0.6 is 12.6 Å². The van der Waals surface area contributed by atoms with Crippen molar-refractivity contribution in [1.29, 1.82) is 0 Å². The fraction of sp³-hybridized carbons (Fsp3) is 0.400. The van der Waals surface area contributed by atoms with Gasteiger partial charge in [0.05, 0.1) is 23.6 Å². The second-order valence-corrected chi connectivity index (χ2v) is 10.5. The number of ether oxygens (including phenoxy) is 2. The highest BCUT2D eigenvalue weighted by atomic mass is 32.1. The Morgan fingerprint density at radius 1 is 1.14 bits per heavy atom. The Hall–Kier alpha value is -2.83. The third kappa shape index (κ3) is 5.60. The first kappa shape index (κ1) is 24.8. The normalized spacial score (nSPS) is 16.9. The van der Waals surface area contributed by atoms with Crippen LogP contribution in [0.25, 0.3) is 11.1 Å². The number of hydrogen-bond acceptors (Lipinski definition) is 5. The SMILES string of the molecule is CCc1ccc(CCC(S)C(=O)O)cc1COC1(c2cnccc2-c2ccccc2OC2CC2)CC1. The number of thiol groups is 1. The molecule has 0 aliphatic heterocycles. The molecule has 0 amide bonds. The Bertz CT molecular complexity index is 1240. The number of benzene rings is 2. The van der Waals surface area contributed by atoms with E-state index in [2.05, 4.69) is 67.0 Å². The standard InChI is InChI=1S/C30H33NO4S/c1-2-21-9-7-20(8-12-28(36)29(32)33)17-22(21)19-34-30(14-15-30)26-18-31-16-13-24(26)25-5-3-4-6-27(25)35-23-10-11-23/h3-7,9,13,16-18,23,28,36H,2,8,10-12,14-15,19H2,1H3,(H,32,33). The van der Waals surface area contributed by atoms with Gasteiger partial charge < -0.3 is 14.6 Å². The van der Waals surface area contributed by atoms with Crippen molar-refractivity contribution in [3.63, 3.8) is 0 Å². The number of aromatic nitrogens is 1. The predicted octanol–water partition coefficient (Wildman–Crippen LogP) is 6.37. The van der Waals surface area contributed by atoms with Crippen LogP contribution in [0.4, 0.5) is 0 Å². The zero-order valence-corrected chi connectivity index (χ0v) is 21.5. The molecule has 3 aromatic rings. The monoisotopic (exact) mass is 503 g/mol. The number of aryl methyl sites for hydroxylation is 2. The maximum atomic E-state index is 11.1. The molecule has 5 rings (SSSR count). The lowest BCUT2D eigenvalue weighted by Crippen LogP contribution is -2.15. The number of pyridine rings is 1. The predicted molar refractivity (Wildman–Crippen MR) is 144 cm³/mol. The molecule has 0 saturated heterocycles. The fourth-order valence-corrected chi connectivity index (χ4v) is 4.84. The van der Waals surface area contributed by atoms with E-state index in [-0.39, 0.29) is 5.60 Å². The Kier molecular flexibility index (Phi) is 7.35. The van der Waals surface area contributed by atoms with Crippen LogP contribution in [0.3, 0.4) is 0 Å². The van der Waals surface area contributed by atoms with Crippen molar-refractivity contribution < 1.29 is 19.4 Å². The zero-order chi connectivity index (χ0) is 25.1.